The van der Waals surface area contributed by atoms with Gasteiger partial charge in [-0.25, -0.2) is 0 Å². The van der Waals surface area contributed by atoms with Crippen molar-refractivity contribution in [3.8, 4) is 0 Å². The average molecular weight is 254 g/mol. The van der Waals surface area contributed by atoms with Gasteiger partial charge in [0.05, 0.1) is 0 Å². The molecule has 18 heavy (non-hydrogen) atoms. The zero-order valence-electron chi connectivity index (χ0n) is 13.3. The van der Waals surface area contributed by atoms with Crippen LogP contribution >= 0.6 is 0 Å². The lowest BCUT2D eigenvalue weighted by Crippen LogP contribution is -2.54. The van der Waals surface area contributed by atoms with Crippen molar-refractivity contribution >= 4 is 0 Å². The van der Waals surface area contributed by atoms with Gasteiger partial charge in [0, 0.05) is 18.6 Å². The molecule has 1 rings (SSSR count). The number of hydrogen-bond acceptors (Lipinski definition) is 2. The van der Waals surface area contributed by atoms with Gasteiger partial charge in [-0.1, -0.05) is 41.0 Å². The first kappa shape index (κ1) is 16.0. The molecule has 0 aromatic carbocycles. The first-order valence-electron chi connectivity index (χ1n) is 7.80. The Morgan fingerprint density at radius 2 is 1.78 bits per heavy atom. The van der Waals surface area contributed by atoms with E-state index in [2.05, 4.69) is 39.5 Å². The van der Waals surface area contributed by atoms with Gasteiger partial charge in [0.15, 0.2) is 0 Å². The molecule has 2 heteroatoms. The maximum absolute atomic E-state index is 6.21. The van der Waals surface area contributed by atoms with Crippen LogP contribution in [0.15, 0.2) is 0 Å². The van der Waals surface area contributed by atoms with Crippen molar-refractivity contribution in [1.29, 1.82) is 0 Å². The number of rotatable bonds is 5. The number of nitrogens with two attached hydrogens (primary N) is 1. The molecule has 0 radical (unpaired) electrons. The van der Waals surface area contributed by atoms with E-state index in [0.29, 0.717) is 5.41 Å². The van der Waals surface area contributed by atoms with Crippen molar-refractivity contribution in [3.63, 3.8) is 0 Å². The topological polar surface area (TPSA) is 29.3 Å². The summed E-state index contributed by atoms with van der Waals surface area (Å²) in [6, 6.07) is 0. The smallest absolute Gasteiger partial charge is 0.0331 e. The summed E-state index contributed by atoms with van der Waals surface area (Å²) in [5, 5.41) is 0. The van der Waals surface area contributed by atoms with Gasteiger partial charge in [-0.05, 0) is 43.6 Å². The molecule has 1 aliphatic carbocycles. The standard InChI is InChI=1S/C16H34N2/c1-6-18(12-14(2)3)16(13-17)9-7-8-15(4,5)10-11-16/h14H,6-13,17H2,1-5H3. The van der Waals surface area contributed by atoms with Crippen LogP contribution in [-0.4, -0.2) is 30.1 Å². The zero-order chi connectivity index (χ0) is 13.8. The maximum Gasteiger partial charge on any atom is 0.0331 e. The van der Waals surface area contributed by atoms with Gasteiger partial charge in [-0.2, -0.15) is 0 Å². The molecule has 0 aliphatic heterocycles. The van der Waals surface area contributed by atoms with E-state index in [0.717, 1.165) is 19.0 Å². The minimum absolute atomic E-state index is 0.271. The summed E-state index contributed by atoms with van der Waals surface area (Å²) < 4.78 is 0. The lowest BCUT2D eigenvalue weighted by atomic mass is 9.82. The highest BCUT2D eigenvalue weighted by atomic mass is 15.2. The van der Waals surface area contributed by atoms with Crippen LogP contribution in [0.3, 0.4) is 0 Å². The highest BCUT2D eigenvalue weighted by Gasteiger charge is 2.38. The lowest BCUT2D eigenvalue weighted by molar-refractivity contribution is 0.0687. The summed E-state index contributed by atoms with van der Waals surface area (Å²) in [5.41, 5.74) is 6.99. The monoisotopic (exact) mass is 254 g/mol. The molecule has 2 nitrogen and oxygen atoms in total. The van der Waals surface area contributed by atoms with Gasteiger partial charge in [0.1, 0.15) is 0 Å². The Labute approximate surface area is 114 Å². The molecule has 0 aromatic rings. The van der Waals surface area contributed by atoms with E-state index >= 15 is 0 Å². The second-order valence-corrected chi connectivity index (χ2v) is 7.38. The largest absolute Gasteiger partial charge is 0.329 e. The fourth-order valence-electron chi connectivity index (χ4n) is 3.47. The van der Waals surface area contributed by atoms with Crippen molar-refractivity contribution in [2.45, 2.75) is 72.3 Å². The molecule has 1 atom stereocenters. The first-order chi connectivity index (χ1) is 8.35. The van der Waals surface area contributed by atoms with E-state index in [1.165, 1.54) is 38.6 Å². The van der Waals surface area contributed by atoms with Crippen molar-refractivity contribution in [2.24, 2.45) is 17.1 Å². The minimum atomic E-state index is 0.271. The van der Waals surface area contributed by atoms with Gasteiger partial charge in [0.25, 0.3) is 0 Å². The van der Waals surface area contributed by atoms with Gasteiger partial charge in [0.2, 0.25) is 0 Å². The normalized spacial score (nSPS) is 28.7. The summed E-state index contributed by atoms with van der Waals surface area (Å²) in [5.74, 6) is 0.727. The second kappa shape index (κ2) is 6.38. The Morgan fingerprint density at radius 3 is 2.28 bits per heavy atom. The van der Waals surface area contributed by atoms with E-state index < -0.39 is 0 Å². The molecule has 1 saturated carbocycles. The lowest BCUT2D eigenvalue weighted by Gasteiger charge is -2.44. The highest BCUT2D eigenvalue weighted by Crippen LogP contribution is 2.40. The van der Waals surface area contributed by atoms with E-state index in [1.807, 2.05) is 0 Å². The Kier molecular flexibility index (Phi) is 5.67. The van der Waals surface area contributed by atoms with Crippen LogP contribution in [0.2, 0.25) is 0 Å². The van der Waals surface area contributed by atoms with Crippen LogP contribution < -0.4 is 5.73 Å². The second-order valence-electron chi connectivity index (χ2n) is 7.38. The average Bonchev–Trinajstić information content (AvgIpc) is 2.45. The molecule has 1 unspecified atom stereocenters. The summed E-state index contributed by atoms with van der Waals surface area (Å²) in [6.45, 7) is 14.9. The van der Waals surface area contributed by atoms with Crippen LogP contribution in [-0.2, 0) is 0 Å². The SMILES string of the molecule is CCN(CC(C)C)C1(CN)CCCC(C)(C)CC1. The molecule has 0 heterocycles. The van der Waals surface area contributed by atoms with Gasteiger partial charge in [-0.3, -0.25) is 4.90 Å². The van der Waals surface area contributed by atoms with Crippen LogP contribution in [0.1, 0.15) is 66.7 Å². The Balaban J connectivity index is 2.82. The van der Waals surface area contributed by atoms with Crippen molar-refractivity contribution < 1.29 is 0 Å². The van der Waals surface area contributed by atoms with Crippen LogP contribution in [0.25, 0.3) is 0 Å². The molecule has 0 amide bonds. The molecule has 0 spiro atoms. The molecule has 0 aromatic heterocycles. The summed E-state index contributed by atoms with van der Waals surface area (Å²) in [6.07, 6.45) is 6.57. The molecular formula is C16H34N2. The van der Waals surface area contributed by atoms with Gasteiger partial charge in [-0.15, -0.1) is 0 Å². The molecule has 0 saturated heterocycles. The van der Waals surface area contributed by atoms with Crippen LogP contribution in [0.5, 0.6) is 0 Å². The first-order valence-corrected chi connectivity index (χ1v) is 7.80. The number of likely N-dealkylation sites (N-methyl/N-ethyl adjacent to an activating group) is 1. The third-order valence-corrected chi connectivity index (χ3v) is 4.78. The fraction of sp³-hybridized carbons (Fsp3) is 1.00. The Bertz CT molecular complexity index is 247. The van der Waals surface area contributed by atoms with Gasteiger partial charge < -0.3 is 5.73 Å². The zero-order valence-corrected chi connectivity index (χ0v) is 13.3. The summed E-state index contributed by atoms with van der Waals surface area (Å²) >= 11 is 0. The van der Waals surface area contributed by atoms with E-state index in [1.54, 1.807) is 0 Å². The van der Waals surface area contributed by atoms with Crippen molar-refractivity contribution in [3.05, 3.63) is 0 Å². The molecule has 108 valence electrons. The predicted octanol–water partition coefficient (Wildman–Crippen LogP) is 3.65. The van der Waals surface area contributed by atoms with E-state index in [9.17, 15) is 0 Å². The van der Waals surface area contributed by atoms with Crippen LogP contribution in [0, 0.1) is 11.3 Å². The molecule has 0 bridgehead atoms. The molecule has 1 fully saturated rings. The minimum Gasteiger partial charge on any atom is -0.329 e. The predicted molar refractivity (Wildman–Crippen MR) is 80.7 cm³/mol. The summed E-state index contributed by atoms with van der Waals surface area (Å²) in [7, 11) is 0. The molecule has 1 aliphatic rings. The number of hydrogen-bond donors (Lipinski definition) is 1. The Hall–Kier alpha value is -0.0800. The third kappa shape index (κ3) is 3.96. The Morgan fingerprint density at radius 1 is 1.11 bits per heavy atom. The van der Waals surface area contributed by atoms with Gasteiger partial charge >= 0.3 is 0 Å². The summed E-state index contributed by atoms with van der Waals surface area (Å²) in [4.78, 5) is 2.67. The quantitative estimate of drug-likeness (QED) is 0.759. The maximum atomic E-state index is 6.21. The van der Waals surface area contributed by atoms with Crippen LogP contribution in [0.4, 0.5) is 0 Å². The van der Waals surface area contributed by atoms with Crippen molar-refractivity contribution in [1.82, 2.24) is 4.90 Å². The molecule has 2 N–H and O–H groups in total. The third-order valence-electron chi connectivity index (χ3n) is 4.78. The molecular weight excluding hydrogens is 220 g/mol. The van der Waals surface area contributed by atoms with E-state index in [-0.39, 0.29) is 5.54 Å². The fourth-order valence-corrected chi connectivity index (χ4v) is 3.47. The highest BCUT2D eigenvalue weighted by molar-refractivity contribution is 4.95. The van der Waals surface area contributed by atoms with E-state index in [4.69, 9.17) is 5.73 Å². The number of nitrogens with zero attached hydrogens (tertiary/aromatic N) is 1. The van der Waals surface area contributed by atoms with Crippen molar-refractivity contribution in [2.75, 3.05) is 19.6 Å².